The molecule has 1 aromatic carbocycles. The summed E-state index contributed by atoms with van der Waals surface area (Å²) in [6.07, 6.45) is 2.25. The molecule has 0 spiro atoms. The van der Waals surface area contributed by atoms with Gasteiger partial charge >= 0.3 is 0 Å². The average Bonchev–Trinajstić information content (AvgIpc) is 3.37. The van der Waals surface area contributed by atoms with Crippen LogP contribution in [-0.4, -0.2) is 40.5 Å². The molecular weight excluding hydrogens is 344 g/mol. The number of benzene rings is 1. The molecule has 1 fully saturated rings. The van der Waals surface area contributed by atoms with Crippen LogP contribution in [0, 0.1) is 19.8 Å². The summed E-state index contributed by atoms with van der Waals surface area (Å²) in [5.74, 6) is 0.802. The van der Waals surface area contributed by atoms with Gasteiger partial charge in [0.2, 0.25) is 0 Å². The number of nitrogens with zero attached hydrogens (tertiary/aromatic N) is 2. The molecule has 0 saturated carbocycles. The molecule has 0 bridgehead atoms. The lowest BCUT2D eigenvalue weighted by molar-refractivity contribution is 0.0925. The molecule has 2 N–H and O–H groups in total. The predicted octanol–water partition coefficient (Wildman–Crippen LogP) is 2.67. The van der Waals surface area contributed by atoms with Crippen LogP contribution in [0.2, 0.25) is 0 Å². The minimum Gasteiger partial charge on any atom is -0.379 e. The summed E-state index contributed by atoms with van der Waals surface area (Å²) in [5, 5.41) is 14.0. The topological polar surface area (TPSA) is 93.0 Å². The molecule has 1 aliphatic heterocycles. The Bertz CT molecular complexity index is 946. The number of carbonyl (C=O) groups is 1. The summed E-state index contributed by atoms with van der Waals surface area (Å²) in [4.78, 5) is 12.9. The van der Waals surface area contributed by atoms with E-state index >= 15 is 0 Å². The molecule has 0 unspecified atom stereocenters. The molecule has 7 nitrogen and oxygen atoms in total. The van der Waals surface area contributed by atoms with E-state index in [0.29, 0.717) is 25.2 Å². The van der Waals surface area contributed by atoms with Crippen LogP contribution in [0.15, 0.2) is 41.1 Å². The Balaban J connectivity index is 1.48. The van der Waals surface area contributed by atoms with Gasteiger partial charge in [-0.3, -0.25) is 9.89 Å². The Morgan fingerprint density at radius 1 is 1.30 bits per heavy atom. The number of aromatic nitrogens is 3. The second kappa shape index (κ2) is 7.36. The van der Waals surface area contributed by atoms with Gasteiger partial charge in [0.15, 0.2) is 0 Å². The predicted molar refractivity (Wildman–Crippen MR) is 99.3 cm³/mol. The Kier molecular flexibility index (Phi) is 4.77. The molecule has 3 aromatic rings. The number of rotatable bonds is 5. The van der Waals surface area contributed by atoms with Crippen LogP contribution >= 0.6 is 0 Å². The maximum atomic E-state index is 12.9. The van der Waals surface area contributed by atoms with Crippen molar-refractivity contribution >= 4 is 5.91 Å². The number of ether oxygens (including phenoxy) is 1. The van der Waals surface area contributed by atoms with Gasteiger partial charge in [-0.1, -0.05) is 28.9 Å². The van der Waals surface area contributed by atoms with Crippen molar-refractivity contribution in [2.75, 3.05) is 13.2 Å². The first-order chi connectivity index (χ1) is 13.1. The Hall–Kier alpha value is -2.93. The fraction of sp³-hybridized carbons (Fsp3) is 0.350. The van der Waals surface area contributed by atoms with Crippen LogP contribution in [-0.2, 0) is 11.2 Å². The van der Waals surface area contributed by atoms with Crippen LogP contribution in [0.25, 0.3) is 11.3 Å². The fourth-order valence-corrected chi connectivity index (χ4v) is 3.46. The number of H-pyrrole nitrogens is 1. The van der Waals surface area contributed by atoms with E-state index in [2.05, 4.69) is 20.7 Å². The standard InChI is InChI=1S/C20H22N4O3/c1-12-4-3-5-14(6-12)19-17(9-21-23-19)20(25)22-18-11-26-10-15(18)8-16-7-13(2)24-27-16/h3-7,9,15,18H,8,10-11H2,1-2H3,(H,21,23)(H,22,25)/t15-,18+/m1/s1. The monoisotopic (exact) mass is 366 g/mol. The van der Waals surface area contributed by atoms with E-state index in [9.17, 15) is 4.79 Å². The van der Waals surface area contributed by atoms with E-state index in [4.69, 9.17) is 9.26 Å². The minimum atomic E-state index is -0.158. The van der Waals surface area contributed by atoms with E-state index < -0.39 is 0 Å². The van der Waals surface area contributed by atoms with Gasteiger partial charge in [-0.25, -0.2) is 0 Å². The maximum absolute atomic E-state index is 12.9. The first-order valence-corrected chi connectivity index (χ1v) is 9.01. The third-order valence-electron chi connectivity index (χ3n) is 4.85. The summed E-state index contributed by atoms with van der Waals surface area (Å²) < 4.78 is 10.9. The van der Waals surface area contributed by atoms with Crippen LogP contribution in [0.5, 0.6) is 0 Å². The molecule has 1 amide bonds. The highest BCUT2D eigenvalue weighted by Gasteiger charge is 2.31. The molecule has 2 aromatic heterocycles. The summed E-state index contributed by atoms with van der Waals surface area (Å²) in [6.45, 7) is 4.98. The number of aryl methyl sites for hydroxylation is 2. The smallest absolute Gasteiger partial charge is 0.255 e. The quantitative estimate of drug-likeness (QED) is 0.724. The molecule has 0 aliphatic carbocycles. The van der Waals surface area contributed by atoms with E-state index in [1.165, 1.54) is 0 Å². The molecule has 7 heteroatoms. The van der Waals surface area contributed by atoms with Crippen molar-refractivity contribution in [2.24, 2.45) is 5.92 Å². The minimum absolute atomic E-state index is 0.0804. The van der Waals surface area contributed by atoms with Crippen molar-refractivity contribution in [1.29, 1.82) is 0 Å². The number of amides is 1. The van der Waals surface area contributed by atoms with Crippen molar-refractivity contribution < 1.29 is 14.1 Å². The Labute approximate surface area is 157 Å². The molecule has 2 atom stereocenters. The third kappa shape index (κ3) is 3.78. The highest BCUT2D eigenvalue weighted by molar-refractivity contribution is 5.99. The SMILES string of the molecule is Cc1cccc(-c2[nH]ncc2C(=O)N[C@H]2COC[C@H]2Cc2cc(C)no2)c1. The summed E-state index contributed by atoms with van der Waals surface area (Å²) in [5.41, 5.74) is 4.17. The van der Waals surface area contributed by atoms with Crippen LogP contribution < -0.4 is 5.32 Å². The number of carbonyl (C=O) groups excluding carboxylic acids is 1. The van der Waals surface area contributed by atoms with E-state index in [1.54, 1.807) is 6.20 Å². The molecule has 1 saturated heterocycles. The van der Waals surface area contributed by atoms with Gasteiger partial charge in [0.05, 0.1) is 42.4 Å². The second-order valence-corrected chi connectivity index (χ2v) is 7.04. The molecule has 3 heterocycles. The molecule has 27 heavy (non-hydrogen) atoms. The first-order valence-electron chi connectivity index (χ1n) is 9.01. The van der Waals surface area contributed by atoms with E-state index in [0.717, 1.165) is 28.3 Å². The molecular formula is C20H22N4O3. The van der Waals surface area contributed by atoms with Crippen LogP contribution in [0.1, 0.15) is 27.4 Å². The average molecular weight is 366 g/mol. The number of aromatic amines is 1. The van der Waals surface area contributed by atoms with Gasteiger partial charge < -0.3 is 14.6 Å². The van der Waals surface area contributed by atoms with Gasteiger partial charge in [-0.15, -0.1) is 0 Å². The van der Waals surface area contributed by atoms with E-state index in [-0.39, 0.29) is 17.9 Å². The van der Waals surface area contributed by atoms with Gasteiger partial charge in [0.1, 0.15) is 5.76 Å². The van der Waals surface area contributed by atoms with Gasteiger partial charge in [0.25, 0.3) is 5.91 Å². The lowest BCUT2D eigenvalue weighted by Crippen LogP contribution is -2.40. The van der Waals surface area contributed by atoms with Crippen LogP contribution in [0.4, 0.5) is 0 Å². The molecule has 1 aliphatic rings. The zero-order valence-corrected chi connectivity index (χ0v) is 15.4. The Morgan fingerprint density at radius 3 is 2.96 bits per heavy atom. The highest BCUT2D eigenvalue weighted by atomic mass is 16.5. The van der Waals surface area contributed by atoms with Crippen LogP contribution in [0.3, 0.4) is 0 Å². The zero-order chi connectivity index (χ0) is 18.8. The normalized spacial score (nSPS) is 19.3. The summed E-state index contributed by atoms with van der Waals surface area (Å²) in [7, 11) is 0. The van der Waals surface area contributed by atoms with Gasteiger partial charge in [-0.2, -0.15) is 5.10 Å². The summed E-state index contributed by atoms with van der Waals surface area (Å²) in [6, 6.07) is 9.81. The largest absolute Gasteiger partial charge is 0.379 e. The van der Waals surface area contributed by atoms with Crippen molar-refractivity contribution in [1.82, 2.24) is 20.7 Å². The van der Waals surface area contributed by atoms with Gasteiger partial charge in [0, 0.05) is 24.0 Å². The highest BCUT2D eigenvalue weighted by Crippen LogP contribution is 2.24. The van der Waals surface area contributed by atoms with E-state index in [1.807, 2.05) is 44.2 Å². The summed E-state index contributed by atoms with van der Waals surface area (Å²) >= 11 is 0. The second-order valence-electron chi connectivity index (χ2n) is 7.04. The first kappa shape index (κ1) is 17.5. The number of hydrogen-bond acceptors (Lipinski definition) is 5. The Morgan fingerprint density at radius 2 is 2.19 bits per heavy atom. The zero-order valence-electron chi connectivity index (χ0n) is 15.4. The molecule has 0 radical (unpaired) electrons. The lowest BCUT2D eigenvalue weighted by atomic mass is 9.97. The van der Waals surface area contributed by atoms with Crippen molar-refractivity contribution in [3.05, 3.63) is 59.1 Å². The lowest BCUT2D eigenvalue weighted by Gasteiger charge is -2.18. The van der Waals surface area contributed by atoms with Crippen molar-refractivity contribution in [3.63, 3.8) is 0 Å². The maximum Gasteiger partial charge on any atom is 0.255 e. The van der Waals surface area contributed by atoms with Crippen molar-refractivity contribution in [3.8, 4) is 11.3 Å². The van der Waals surface area contributed by atoms with Crippen molar-refractivity contribution in [2.45, 2.75) is 26.3 Å². The number of nitrogens with one attached hydrogen (secondary N) is 2. The van der Waals surface area contributed by atoms with Gasteiger partial charge in [-0.05, 0) is 19.9 Å². The molecule has 140 valence electrons. The molecule has 4 rings (SSSR count). The fourth-order valence-electron chi connectivity index (χ4n) is 3.46. The third-order valence-corrected chi connectivity index (χ3v) is 4.85. The number of hydrogen-bond donors (Lipinski definition) is 2.